The molecule has 0 saturated carbocycles. The Hall–Kier alpha value is -1.05. The summed E-state index contributed by atoms with van der Waals surface area (Å²) in [5, 5.41) is -0.0984. The predicted octanol–water partition coefficient (Wildman–Crippen LogP) is 1.75. The first kappa shape index (κ1) is 14.4. The van der Waals surface area contributed by atoms with E-state index in [4.69, 9.17) is 28.9 Å². The molecule has 2 rings (SSSR count). The first-order chi connectivity index (χ1) is 8.88. The lowest BCUT2D eigenvalue weighted by atomic mass is 10.4. The zero-order valence-electron chi connectivity index (χ0n) is 9.89. The fraction of sp³-hybridized carbons (Fsp3) is 0.400. The number of anilines is 2. The number of amides is 1. The van der Waals surface area contributed by atoms with Gasteiger partial charge in [-0.1, -0.05) is 35.0 Å². The molecule has 1 aromatic rings. The number of aromatic nitrogens is 2. The Morgan fingerprint density at radius 2 is 2.00 bits per heavy atom. The fourth-order valence-corrected chi connectivity index (χ4v) is 3.37. The average molecular weight is 321 g/mol. The van der Waals surface area contributed by atoms with Gasteiger partial charge >= 0.3 is 0 Å². The lowest BCUT2D eigenvalue weighted by Gasteiger charge is -2.18. The van der Waals surface area contributed by atoms with Crippen molar-refractivity contribution in [3.05, 3.63) is 10.3 Å². The second-order valence-electron chi connectivity index (χ2n) is 3.95. The van der Waals surface area contributed by atoms with Crippen molar-refractivity contribution in [2.45, 2.75) is 18.6 Å². The van der Waals surface area contributed by atoms with Crippen LogP contribution >= 0.6 is 35.0 Å². The standard InChI is InChI=1S/C10H10Cl2N4O2S/c1-4(17)19-5-2-6(18)16(3-5)7-8(11)14-10(13)15-9(7)12/h5H,2-3H2,1H3,(H2,13,14,15). The molecule has 19 heavy (non-hydrogen) atoms. The van der Waals surface area contributed by atoms with E-state index in [1.54, 1.807) is 0 Å². The molecule has 2 heterocycles. The third-order valence-corrected chi connectivity index (χ3v) is 4.02. The van der Waals surface area contributed by atoms with Crippen molar-refractivity contribution in [2.24, 2.45) is 0 Å². The zero-order chi connectivity index (χ0) is 14.2. The molecule has 1 fully saturated rings. The van der Waals surface area contributed by atoms with Crippen LogP contribution in [0.4, 0.5) is 11.6 Å². The Morgan fingerprint density at radius 1 is 1.42 bits per heavy atom. The lowest BCUT2D eigenvalue weighted by molar-refractivity contribution is -0.117. The molecule has 0 bridgehead atoms. The molecule has 102 valence electrons. The van der Waals surface area contributed by atoms with Gasteiger partial charge in [0.15, 0.2) is 15.4 Å². The second kappa shape index (κ2) is 5.52. The Labute approximate surface area is 123 Å². The molecule has 1 aliphatic rings. The minimum absolute atomic E-state index is 0.0272. The molecule has 1 atom stereocenters. The molecular weight excluding hydrogens is 311 g/mol. The van der Waals surface area contributed by atoms with Gasteiger partial charge in [0.1, 0.15) is 5.69 Å². The quantitative estimate of drug-likeness (QED) is 0.835. The van der Waals surface area contributed by atoms with Gasteiger partial charge in [0.25, 0.3) is 0 Å². The molecule has 1 amide bonds. The minimum Gasteiger partial charge on any atom is -0.368 e. The molecule has 0 spiro atoms. The van der Waals surface area contributed by atoms with Crippen molar-refractivity contribution < 1.29 is 9.59 Å². The van der Waals surface area contributed by atoms with Crippen molar-refractivity contribution in [1.29, 1.82) is 0 Å². The van der Waals surface area contributed by atoms with Crippen LogP contribution in [0.3, 0.4) is 0 Å². The molecule has 0 aromatic carbocycles. The molecule has 1 aromatic heterocycles. The monoisotopic (exact) mass is 320 g/mol. The maximum Gasteiger partial charge on any atom is 0.228 e. The number of nitrogens with two attached hydrogens (primary N) is 1. The molecule has 9 heteroatoms. The summed E-state index contributed by atoms with van der Waals surface area (Å²) in [6, 6.07) is 0. The number of carbonyl (C=O) groups excluding carboxylic acids is 2. The fourth-order valence-electron chi connectivity index (χ4n) is 1.84. The second-order valence-corrected chi connectivity index (χ2v) is 6.15. The number of rotatable bonds is 2. The smallest absolute Gasteiger partial charge is 0.228 e. The van der Waals surface area contributed by atoms with Gasteiger partial charge in [-0.3, -0.25) is 9.59 Å². The maximum atomic E-state index is 12.0. The summed E-state index contributed by atoms with van der Waals surface area (Å²) in [6.07, 6.45) is 0.251. The van der Waals surface area contributed by atoms with E-state index < -0.39 is 0 Å². The Balaban J connectivity index is 2.28. The highest BCUT2D eigenvalue weighted by Gasteiger charge is 2.34. The summed E-state index contributed by atoms with van der Waals surface area (Å²) in [6.45, 7) is 1.81. The molecule has 1 unspecified atom stereocenters. The summed E-state index contributed by atoms with van der Waals surface area (Å²) in [5.74, 6) is -0.226. The van der Waals surface area contributed by atoms with E-state index in [-0.39, 0.29) is 44.6 Å². The molecule has 0 radical (unpaired) electrons. The van der Waals surface area contributed by atoms with Gasteiger partial charge in [-0.05, 0) is 0 Å². The lowest BCUT2D eigenvalue weighted by Crippen LogP contribution is -2.26. The first-order valence-electron chi connectivity index (χ1n) is 5.34. The van der Waals surface area contributed by atoms with E-state index in [0.717, 1.165) is 11.8 Å². The van der Waals surface area contributed by atoms with Crippen LogP contribution in [0.2, 0.25) is 10.3 Å². The molecule has 2 N–H and O–H groups in total. The van der Waals surface area contributed by atoms with Crippen molar-refractivity contribution in [3.8, 4) is 0 Å². The number of carbonyl (C=O) groups is 2. The van der Waals surface area contributed by atoms with Gasteiger partial charge in [0.2, 0.25) is 11.9 Å². The normalized spacial score (nSPS) is 19.0. The molecule has 6 nitrogen and oxygen atoms in total. The highest BCUT2D eigenvalue weighted by Crippen LogP contribution is 2.36. The molecular formula is C10H10Cl2N4O2S. The largest absolute Gasteiger partial charge is 0.368 e. The van der Waals surface area contributed by atoms with Crippen LogP contribution in [0, 0.1) is 0 Å². The third kappa shape index (κ3) is 3.10. The number of hydrogen-bond donors (Lipinski definition) is 1. The summed E-state index contributed by atoms with van der Waals surface area (Å²) in [4.78, 5) is 32.0. The average Bonchev–Trinajstić information content (AvgIpc) is 2.57. The molecule has 0 aliphatic carbocycles. The Bertz CT molecular complexity index is 531. The van der Waals surface area contributed by atoms with E-state index in [2.05, 4.69) is 9.97 Å². The SMILES string of the molecule is CC(=O)SC1CC(=O)N(c2c(Cl)nc(N)nc2Cl)C1. The highest BCUT2D eigenvalue weighted by molar-refractivity contribution is 8.14. The van der Waals surface area contributed by atoms with Gasteiger partial charge in [-0.25, -0.2) is 0 Å². The van der Waals surface area contributed by atoms with E-state index in [0.29, 0.717) is 6.54 Å². The van der Waals surface area contributed by atoms with Crippen LogP contribution in [0.25, 0.3) is 0 Å². The van der Waals surface area contributed by atoms with Crippen molar-refractivity contribution >= 4 is 57.6 Å². The van der Waals surface area contributed by atoms with Gasteiger partial charge < -0.3 is 10.6 Å². The summed E-state index contributed by atoms with van der Waals surface area (Å²) in [5.41, 5.74) is 5.66. The highest BCUT2D eigenvalue weighted by atomic mass is 35.5. The number of nitrogen functional groups attached to an aromatic ring is 1. The van der Waals surface area contributed by atoms with Crippen LogP contribution in [0.1, 0.15) is 13.3 Å². The van der Waals surface area contributed by atoms with Crippen LogP contribution < -0.4 is 10.6 Å². The Kier molecular flexibility index (Phi) is 4.17. The number of halogens is 2. The van der Waals surface area contributed by atoms with Crippen molar-refractivity contribution in [1.82, 2.24) is 9.97 Å². The van der Waals surface area contributed by atoms with Crippen LogP contribution in [0.5, 0.6) is 0 Å². The summed E-state index contributed by atoms with van der Waals surface area (Å²) >= 11 is 13.0. The maximum absolute atomic E-state index is 12.0. The van der Waals surface area contributed by atoms with Crippen LogP contribution in [-0.4, -0.2) is 32.8 Å². The van der Waals surface area contributed by atoms with E-state index in [1.165, 1.54) is 11.8 Å². The van der Waals surface area contributed by atoms with Gasteiger partial charge in [0.05, 0.1) is 0 Å². The predicted molar refractivity (Wildman–Crippen MR) is 75.5 cm³/mol. The van der Waals surface area contributed by atoms with E-state index in [9.17, 15) is 9.59 Å². The summed E-state index contributed by atoms with van der Waals surface area (Å²) < 4.78 is 0. The zero-order valence-corrected chi connectivity index (χ0v) is 12.2. The number of nitrogens with zero attached hydrogens (tertiary/aromatic N) is 3. The van der Waals surface area contributed by atoms with Crippen LogP contribution in [-0.2, 0) is 9.59 Å². The van der Waals surface area contributed by atoms with Crippen molar-refractivity contribution in [2.75, 3.05) is 17.2 Å². The van der Waals surface area contributed by atoms with Crippen molar-refractivity contribution in [3.63, 3.8) is 0 Å². The molecule has 1 saturated heterocycles. The van der Waals surface area contributed by atoms with Gasteiger partial charge in [-0.2, -0.15) is 9.97 Å². The van der Waals surface area contributed by atoms with E-state index >= 15 is 0 Å². The van der Waals surface area contributed by atoms with E-state index in [1.807, 2.05) is 0 Å². The first-order valence-corrected chi connectivity index (χ1v) is 6.98. The van der Waals surface area contributed by atoms with Gasteiger partial charge in [-0.15, -0.1) is 0 Å². The van der Waals surface area contributed by atoms with Gasteiger partial charge in [0, 0.05) is 25.1 Å². The number of hydrogen-bond acceptors (Lipinski definition) is 6. The summed E-state index contributed by atoms with van der Waals surface area (Å²) in [7, 11) is 0. The third-order valence-electron chi connectivity index (χ3n) is 2.51. The minimum atomic E-state index is -0.170. The molecule has 1 aliphatic heterocycles. The van der Waals surface area contributed by atoms with Crippen LogP contribution in [0.15, 0.2) is 0 Å². The number of thioether (sulfide) groups is 1. The topological polar surface area (TPSA) is 89.2 Å². The Morgan fingerprint density at radius 3 is 2.53 bits per heavy atom.